The van der Waals surface area contributed by atoms with Crippen LogP contribution in [0.4, 0.5) is 0 Å². The highest BCUT2D eigenvalue weighted by Crippen LogP contribution is 2.23. The number of aromatic nitrogens is 2. The summed E-state index contributed by atoms with van der Waals surface area (Å²) in [5, 5.41) is 9.60. The number of amides is 2. The SMILES string of the molecule is O=C(NC1CC(NC(=O)c2cncs2)C1)c1cc(-c2ccco2)no1. The highest BCUT2D eigenvalue weighted by Gasteiger charge is 2.32. The molecule has 3 aromatic rings. The third-order valence-electron chi connectivity index (χ3n) is 3.97. The van der Waals surface area contributed by atoms with Crippen LogP contribution in [0.25, 0.3) is 11.5 Å². The van der Waals surface area contributed by atoms with Gasteiger partial charge in [0.1, 0.15) is 10.6 Å². The van der Waals surface area contributed by atoms with Crippen LogP contribution in [0.3, 0.4) is 0 Å². The minimum atomic E-state index is -0.331. The Morgan fingerprint density at radius 3 is 2.68 bits per heavy atom. The van der Waals surface area contributed by atoms with Gasteiger partial charge in [0, 0.05) is 18.2 Å². The summed E-state index contributed by atoms with van der Waals surface area (Å²) in [7, 11) is 0. The molecule has 25 heavy (non-hydrogen) atoms. The van der Waals surface area contributed by atoms with Crippen molar-refractivity contribution in [3.8, 4) is 11.5 Å². The molecule has 9 heteroatoms. The quantitative estimate of drug-likeness (QED) is 0.722. The number of carbonyl (C=O) groups is 2. The summed E-state index contributed by atoms with van der Waals surface area (Å²) in [5.41, 5.74) is 2.09. The first-order valence-corrected chi connectivity index (χ1v) is 8.58. The summed E-state index contributed by atoms with van der Waals surface area (Å²) in [6.07, 6.45) is 4.42. The Morgan fingerprint density at radius 2 is 2.00 bits per heavy atom. The van der Waals surface area contributed by atoms with Crippen molar-refractivity contribution in [1.29, 1.82) is 0 Å². The maximum atomic E-state index is 12.2. The first-order chi connectivity index (χ1) is 12.2. The van der Waals surface area contributed by atoms with Crippen molar-refractivity contribution in [3.05, 3.63) is 46.8 Å². The van der Waals surface area contributed by atoms with E-state index in [1.54, 1.807) is 23.8 Å². The van der Waals surface area contributed by atoms with Gasteiger partial charge in [-0.05, 0) is 25.0 Å². The predicted octanol–water partition coefficient (Wildman–Crippen LogP) is 2.08. The van der Waals surface area contributed by atoms with Crippen molar-refractivity contribution >= 4 is 23.2 Å². The topological polar surface area (TPSA) is 110 Å². The van der Waals surface area contributed by atoms with E-state index >= 15 is 0 Å². The van der Waals surface area contributed by atoms with Crippen LogP contribution < -0.4 is 10.6 Å². The molecule has 1 saturated carbocycles. The molecule has 0 spiro atoms. The van der Waals surface area contributed by atoms with Gasteiger partial charge in [0.2, 0.25) is 5.76 Å². The van der Waals surface area contributed by atoms with E-state index in [-0.39, 0.29) is 29.7 Å². The number of rotatable bonds is 5. The van der Waals surface area contributed by atoms with E-state index in [4.69, 9.17) is 8.94 Å². The van der Waals surface area contributed by atoms with Crippen LogP contribution in [-0.2, 0) is 0 Å². The molecule has 0 radical (unpaired) electrons. The summed E-state index contributed by atoms with van der Waals surface area (Å²) in [5.74, 6) is 0.207. The number of hydrogen-bond acceptors (Lipinski definition) is 7. The molecule has 1 aliphatic rings. The molecule has 2 amide bonds. The highest BCUT2D eigenvalue weighted by atomic mass is 32.1. The molecule has 1 aliphatic carbocycles. The Labute approximate surface area is 146 Å². The third kappa shape index (κ3) is 3.31. The standard InChI is InChI=1S/C16H14N4O4S/c21-15(13-6-11(20-24-13)12-2-1-3-23-12)18-9-4-10(5-9)19-16(22)14-7-17-8-25-14/h1-3,6-10H,4-5H2,(H,18,21)(H,19,22). The van der Waals surface area contributed by atoms with Gasteiger partial charge in [-0.25, -0.2) is 0 Å². The summed E-state index contributed by atoms with van der Waals surface area (Å²) in [4.78, 5) is 28.6. The van der Waals surface area contributed by atoms with E-state index in [1.807, 2.05) is 0 Å². The molecule has 0 aromatic carbocycles. The van der Waals surface area contributed by atoms with E-state index in [0.717, 1.165) is 0 Å². The molecule has 8 nitrogen and oxygen atoms in total. The van der Waals surface area contributed by atoms with Gasteiger partial charge in [-0.1, -0.05) is 5.16 Å². The van der Waals surface area contributed by atoms with Crippen molar-refractivity contribution < 1.29 is 18.5 Å². The summed E-state index contributed by atoms with van der Waals surface area (Å²) in [6, 6.07) is 5.06. The van der Waals surface area contributed by atoms with Crippen LogP contribution in [0.5, 0.6) is 0 Å². The largest absolute Gasteiger partial charge is 0.463 e. The average molecular weight is 358 g/mol. The second-order valence-corrected chi connectivity index (χ2v) is 6.62. The maximum absolute atomic E-state index is 12.2. The van der Waals surface area contributed by atoms with Gasteiger partial charge in [0.15, 0.2) is 5.76 Å². The van der Waals surface area contributed by atoms with Crippen LogP contribution in [-0.4, -0.2) is 34.0 Å². The molecule has 3 heterocycles. The van der Waals surface area contributed by atoms with Gasteiger partial charge in [0.25, 0.3) is 11.8 Å². The van der Waals surface area contributed by atoms with Crippen LogP contribution in [0.15, 0.2) is 45.1 Å². The Kier molecular flexibility index (Phi) is 4.06. The van der Waals surface area contributed by atoms with Crippen molar-refractivity contribution in [2.45, 2.75) is 24.9 Å². The summed E-state index contributed by atoms with van der Waals surface area (Å²) in [6.45, 7) is 0. The van der Waals surface area contributed by atoms with Gasteiger partial charge in [0.05, 0.1) is 18.0 Å². The molecule has 0 aliphatic heterocycles. The predicted molar refractivity (Wildman–Crippen MR) is 88.1 cm³/mol. The van der Waals surface area contributed by atoms with E-state index in [1.165, 1.54) is 23.7 Å². The van der Waals surface area contributed by atoms with Crippen LogP contribution in [0, 0.1) is 0 Å². The first-order valence-electron chi connectivity index (χ1n) is 7.70. The van der Waals surface area contributed by atoms with Gasteiger partial charge in [-0.3, -0.25) is 14.6 Å². The van der Waals surface area contributed by atoms with E-state index in [2.05, 4.69) is 20.8 Å². The molecule has 4 rings (SSSR count). The first kappa shape index (κ1) is 15.6. The molecule has 0 saturated heterocycles. The monoisotopic (exact) mass is 358 g/mol. The number of carbonyl (C=O) groups excluding carboxylic acids is 2. The molecule has 128 valence electrons. The molecule has 0 atom stereocenters. The van der Waals surface area contributed by atoms with Gasteiger partial charge >= 0.3 is 0 Å². The van der Waals surface area contributed by atoms with Crippen molar-refractivity contribution in [3.63, 3.8) is 0 Å². The van der Waals surface area contributed by atoms with Gasteiger partial charge in [-0.2, -0.15) is 0 Å². The molecule has 2 N–H and O–H groups in total. The van der Waals surface area contributed by atoms with Crippen molar-refractivity contribution in [1.82, 2.24) is 20.8 Å². The second-order valence-electron chi connectivity index (χ2n) is 5.73. The lowest BCUT2D eigenvalue weighted by molar-refractivity contribution is 0.0840. The fraction of sp³-hybridized carbons (Fsp3) is 0.250. The summed E-state index contributed by atoms with van der Waals surface area (Å²) < 4.78 is 10.3. The zero-order chi connectivity index (χ0) is 17.2. The zero-order valence-corrected chi connectivity index (χ0v) is 13.8. The summed E-state index contributed by atoms with van der Waals surface area (Å²) >= 11 is 1.30. The minimum Gasteiger partial charge on any atom is -0.463 e. The van der Waals surface area contributed by atoms with E-state index in [9.17, 15) is 9.59 Å². The van der Waals surface area contributed by atoms with Crippen molar-refractivity contribution in [2.75, 3.05) is 0 Å². The van der Waals surface area contributed by atoms with Crippen LogP contribution >= 0.6 is 11.3 Å². The normalized spacial score (nSPS) is 19.2. The number of nitrogens with one attached hydrogen (secondary N) is 2. The van der Waals surface area contributed by atoms with E-state index in [0.29, 0.717) is 29.2 Å². The lowest BCUT2D eigenvalue weighted by Crippen LogP contribution is -2.53. The molecule has 3 aromatic heterocycles. The Balaban J connectivity index is 1.27. The molecule has 1 fully saturated rings. The molecule has 0 bridgehead atoms. The number of thiazole rings is 1. The third-order valence-corrected chi connectivity index (χ3v) is 4.74. The fourth-order valence-electron chi connectivity index (χ4n) is 2.62. The number of hydrogen-bond donors (Lipinski definition) is 2. The average Bonchev–Trinajstić information content (AvgIpc) is 3.33. The van der Waals surface area contributed by atoms with Gasteiger partial charge in [-0.15, -0.1) is 11.3 Å². The lowest BCUT2D eigenvalue weighted by atomic mass is 9.86. The number of furan rings is 1. The fourth-order valence-corrected chi connectivity index (χ4v) is 3.14. The molecular formula is C16H14N4O4S. The Hall–Kier alpha value is -2.94. The van der Waals surface area contributed by atoms with Crippen molar-refractivity contribution in [2.24, 2.45) is 0 Å². The van der Waals surface area contributed by atoms with Crippen LogP contribution in [0.1, 0.15) is 33.1 Å². The van der Waals surface area contributed by atoms with Gasteiger partial charge < -0.3 is 19.6 Å². The second kappa shape index (κ2) is 6.52. The highest BCUT2D eigenvalue weighted by molar-refractivity contribution is 7.11. The Bertz CT molecular complexity index is 866. The smallest absolute Gasteiger partial charge is 0.290 e. The minimum absolute atomic E-state index is 0.00331. The maximum Gasteiger partial charge on any atom is 0.290 e. The number of nitrogens with zero attached hydrogens (tertiary/aromatic N) is 2. The lowest BCUT2D eigenvalue weighted by Gasteiger charge is -2.35. The molecule has 0 unspecified atom stereocenters. The van der Waals surface area contributed by atoms with Crippen LogP contribution in [0.2, 0.25) is 0 Å². The van der Waals surface area contributed by atoms with E-state index < -0.39 is 0 Å². The molecular weight excluding hydrogens is 344 g/mol. The zero-order valence-electron chi connectivity index (χ0n) is 13.0. The Morgan fingerprint density at radius 1 is 1.20 bits per heavy atom.